The van der Waals surface area contributed by atoms with Crippen molar-refractivity contribution < 1.29 is 9.53 Å². The van der Waals surface area contributed by atoms with Crippen molar-refractivity contribution in [1.29, 1.82) is 0 Å². The first kappa shape index (κ1) is 17.0. The Balaban J connectivity index is 2.30. The largest absolute Gasteiger partial charge is 0.464 e. The van der Waals surface area contributed by atoms with Gasteiger partial charge in [-0.1, -0.05) is 22.0 Å². The summed E-state index contributed by atoms with van der Waals surface area (Å²) in [5, 5.41) is 3.23. The van der Waals surface area contributed by atoms with Crippen LogP contribution in [0.4, 0.5) is 5.69 Å². The molecule has 3 nitrogen and oxygen atoms in total. The number of thiophene rings is 1. The number of nitrogens with one attached hydrogen (secondary N) is 1. The summed E-state index contributed by atoms with van der Waals surface area (Å²) in [6, 6.07) is 9.06. The molecule has 0 aliphatic heterocycles. The van der Waals surface area contributed by atoms with Gasteiger partial charge in [0.1, 0.15) is 0 Å². The van der Waals surface area contributed by atoms with Crippen LogP contribution in [0.25, 0.3) is 0 Å². The van der Waals surface area contributed by atoms with E-state index in [1.807, 2.05) is 30.3 Å². The average Bonchev–Trinajstić information content (AvgIpc) is 2.76. The summed E-state index contributed by atoms with van der Waals surface area (Å²) in [6.07, 6.45) is 0. The molecule has 7 heteroatoms. The molecule has 0 radical (unpaired) electrons. The molecule has 0 saturated heterocycles. The minimum Gasteiger partial charge on any atom is -0.464 e. The van der Waals surface area contributed by atoms with Crippen LogP contribution in [0.5, 0.6) is 0 Å². The van der Waals surface area contributed by atoms with Crippen LogP contribution >= 0.6 is 59.1 Å². The fourth-order valence-electron chi connectivity index (χ4n) is 1.72. The molecule has 1 aromatic carbocycles. The lowest BCUT2D eigenvalue weighted by molar-refractivity contribution is -0.144. The predicted molar refractivity (Wildman–Crippen MR) is 96.9 cm³/mol. The van der Waals surface area contributed by atoms with Crippen LogP contribution in [0.1, 0.15) is 17.8 Å². The highest BCUT2D eigenvalue weighted by Crippen LogP contribution is 2.37. The number of rotatable bonds is 5. The number of anilines is 1. The van der Waals surface area contributed by atoms with E-state index < -0.39 is 6.04 Å². The first-order valence-electron chi connectivity index (χ1n) is 6.14. The summed E-state index contributed by atoms with van der Waals surface area (Å²) in [4.78, 5) is 13.1. The van der Waals surface area contributed by atoms with E-state index in [9.17, 15) is 4.79 Å². The zero-order chi connectivity index (χ0) is 15.4. The summed E-state index contributed by atoms with van der Waals surface area (Å²) < 4.78 is 7.99. The van der Waals surface area contributed by atoms with Crippen molar-refractivity contribution in [3.8, 4) is 0 Å². The van der Waals surface area contributed by atoms with Gasteiger partial charge in [0.25, 0.3) is 0 Å². The van der Waals surface area contributed by atoms with Crippen LogP contribution in [0.15, 0.2) is 43.1 Å². The Kier molecular flexibility index (Phi) is 6.28. The molecule has 2 rings (SSSR count). The Morgan fingerprint density at radius 2 is 2.10 bits per heavy atom. The second kappa shape index (κ2) is 7.76. The summed E-state index contributed by atoms with van der Waals surface area (Å²) >= 11 is 11.8. The fourth-order valence-corrected chi connectivity index (χ4v) is 4.25. The maximum atomic E-state index is 12.2. The normalized spacial score (nSPS) is 12.0. The molecule has 1 atom stereocenters. The number of halogens is 3. The number of carbonyl (C=O) groups excluding carboxylic acids is 1. The van der Waals surface area contributed by atoms with Gasteiger partial charge in [0.15, 0.2) is 6.04 Å². The quantitative estimate of drug-likeness (QED) is 0.534. The minimum absolute atomic E-state index is 0.293. The summed E-state index contributed by atoms with van der Waals surface area (Å²) in [5.41, 5.74) is 0.850. The molecular formula is C14H12Br3NO2S. The topological polar surface area (TPSA) is 38.3 Å². The molecule has 112 valence electrons. The van der Waals surface area contributed by atoms with E-state index in [2.05, 4.69) is 53.1 Å². The molecule has 0 aliphatic carbocycles. The summed E-state index contributed by atoms with van der Waals surface area (Å²) in [5.74, 6) is -0.293. The Morgan fingerprint density at radius 3 is 2.67 bits per heavy atom. The molecule has 1 aromatic heterocycles. The van der Waals surface area contributed by atoms with Crippen molar-refractivity contribution in [2.75, 3.05) is 11.9 Å². The van der Waals surface area contributed by atoms with Gasteiger partial charge in [-0.05, 0) is 63.0 Å². The number of esters is 1. The van der Waals surface area contributed by atoms with Gasteiger partial charge in [-0.2, -0.15) is 0 Å². The zero-order valence-electron chi connectivity index (χ0n) is 11.0. The Hall–Kier alpha value is -0.370. The summed E-state index contributed by atoms with van der Waals surface area (Å²) in [7, 11) is 0. The molecule has 1 heterocycles. The van der Waals surface area contributed by atoms with Gasteiger partial charge < -0.3 is 10.1 Å². The van der Waals surface area contributed by atoms with Crippen LogP contribution < -0.4 is 5.32 Å². The molecule has 0 fully saturated rings. The van der Waals surface area contributed by atoms with Crippen LogP contribution in [0, 0.1) is 0 Å². The van der Waals surface area contributed by atoms with Crippen LogP contribution in [0.2, 0.25) is 0 Å². The zero-order valence-corrected chi connectivity index (χ0v) is 16.6. The predicted octanol–water partition coefficient (Wildman–Crippen LogP) is 5.75. The molecule has 2 aromatic rings. The average molecular weight is 498 g/mol. The van der Waals surface area contributed by atoms with Crippen molar-refractivity contribution in [3.63, 3.8) is 0 Å². The van der Waals surface area contributed by atoms with Gasteiger partial charge in [-0.25, -0.2) is 4.79 Å². The molecule has 0 spiro atoms. The number of hydrogen-bond acceptors (Lipinski definition) is 4. The van der Waals surface area contributed by atoms with Crippen molar-refractivity contribution >= 4 is 70.8 Å². The van der Waals surface area contributed by atoms with Crippen molar-refractivity contribution in [2.45, 2.75) is 13.0 Å². The fraction of sp³-hybridized carbons (Fsp3) is 0.214. The number of carbonyl (C=O) groups is 1. The Bertz CT molecular complexity index is 625. The molecule has 0 bridgehead atoms. The third-order valence-corrected chi connectivity index (χ3v) is 6.42. The lowest BCUT2D eigenvalue weighted by atomic mass is 10.2. The molecule has 0 aliphatic rings. The molecule has 0 saturated carbocycles. The van der Waals surface area contributed by atoms with E-state index in [1.54, 1.807) is 6.92 Å². The molecule has 21 heavy (non-hydrogen) atoms. The molecule has 1 unspecified atom stereocenters. The van der Waals surface area contributed by atoms with E-state index in [0.29, 0.717) is 6.61 Å². The van der Waals surface area contributed by atoms with Crippen LogP contribution in [0.3, 0.4) is 0 Å². The van der Waals surface area contributed by atoms with Crippen LogP contribution in [-0.2, 0) is 9.53 Å². The smallest absolute Gasteiger partial charge is 0.334 e. The van der Waals surface area contributed by atoms with E-state index in [0.717, 1.165) is 23.3 Å². The van der Waals surface area contributed by atoms with E-state index in [-0.39, 0.29) is 5.97 Å². The van der Waals surface area contributed by atoms with Gasteiger partial charge in [-0.3, -0.25) is 0 Å². The third-order valence-electron chi connectivity index (χ3n) is 2.61. The first-order chi connectivity index (χ1) is 10.0. The first-order valence-corrected chi connectivity index (χ1v) is 9.34. The van der Waals surface area contributed by atoms with Gasteiger partial charge in [0, 0.05) is 19.5 Å². The van der Waals surface area contributed by atoms with Crippen LogP contribution in [-0.4, -0.2) is 12.6 Å². The number of ether oxygens (including phenoxy) is 1. The van der Waals surface area contributed by atoms with Crippen molar-refractivity contribution in [3.05, 3.63) is 47.9 Å². The summed E-state index contributed by atoms with van der Waals surface area (Å²) in [6.45, 7) is 2.15. The highest BCUT2D eigenvalue weighted by Gasteiger charge is 2.24. The van der Waals surface area contributed by atoms with Gasteiger partial charge in [0.05, 0.1) is 10.4 Å². The number of benzene rings is 1. The van der Waals surface area contributed by atoms with Crippen molar-refractivity contribution in [2.24, 2.45) is 0 Å². The van der Waals surface area contributed by atoms with Gasteiger partial charge in [-0.15, -0.1) is 11.3 Å². The van der Waals surface area contributed by atoms with Gasteiger partial charge >= 0.3 is 5.97 Å². The highest BCUT2D eigenvalue weighted by molar-refractivity contribution is 9.13. The van der Waals surface area contributed by atoms with E-state index in [1.165, 1.54) is 11.3 Å². The SMILES string of the molecule is CCOC(=O)C(Nc1cccc(Br)c1)c1cc(Br)c(Br)s1. The molecular weight excluding hydrogens is 486 g/mol. The van der Waals surface area contributed by atoms with Gasteiger partial charge in [0.2, 0.25) is 0 Å². The Labute approximate surface area is 152 Å². The standard InChI is InChI=1S/C14H12Br3NO2S/c1-2-20-14(19)12(11-7-10(16)13(17)21-11)18-9-5-3-4-8(15)6-9/h3-7,12,18H,2H2,1H3. The second-order valence-electron chi connectivity index (χ2n) is 4.11. The minimum atomic E-state index is -0.535. The highest BCUT2D eigenvalue weighted by atomic mass is 79.9. The van der Waals surface area contributed by atoms with Crippen molar-refractivity contribution in [1.82, 2.24) is 0 Å². The molecule has 0 amide bonds. The Morgan fingerprint density at radius 1 is 1.33 bits per heavy atom. The monoisotopic (exact) mass is 495 g/mol. The maximum Gasteiger partial charge on any atom is 0.334 e. The second-order valence-corrected chi connectivity index (χ2v) is 8.28. The van der Waals surface area contributed by atoms with E-state index in [4.69, 9.17) is 4.74 Å². The lowest BCUT2D eigenvalue weighted by Crippen LogP contribution is -2.22. The third kappa shape index (κ3) is 4.55. The van der Waals surface area contributed by atoms with E-state index >= 15 is 0 Å². The maximum absolute atomic E-state index is 12.2. The lowest BCUT2D eigenvalue weighted by Gasteiger charge is -2.17. The number of hydrogen-bond donors (Lipinski definition) is 1. The molecule has 1 N–H and O–H groups in total.